The van der Waals surface area contributed by atoms with Gasteiger partial charge in [0.15, 0.2) is 0 Å². The van der Waals surface area contributed by atoms with Crippen LogP contribution in [0.2, 0.25) is 0 Å². The van der Waals surface area contributed by atoms with Gasteiger partial charge in [-0.1, -0.05) is 20.8 Å². The van der Waals surface area contributed by atoms with Crippen molar-refractivity contribution in [1.82, 2.24) is 15.3 Å². The molecular formula is C17H29N5O. The number of carbonyl (C=O) groups excluding carboxylic acids is 1. The van der Waals surface area contributed by atoms with E-state index >= 15 is 0 Å². The predicted molar refractivity (Wildman–Crippen MR) is 93.8 cm³/mol. The number of anilines is 2. The molecule has 1 aromatic heterocycles. The second-order valence-corrected chi connectivity index (χ2v) is 7.14. The zero-order valence-electron chi connectivity index (χ0n) is 14.8. The highest BCUT2D eigenvalue weighted by atomic mass is 16.2. The van der Waals surface area contributed by atoms with Crippen LogP contribution in [0.5, 0.6) is 0 Å². The molecular weight excluding hydrogens is 290 g/mol. The molecule has 1 saturated heterocycles. The molecule has 0 unspecified atom stereocenters. The molecule has 0 aromatic carbocycles. The van der Waals surface area contributed by atoms with Gasteiger partial charge in [-0.05, 0) is 26.2 Å². The highest BCUT2D eigenvalue weighted by Gasteiger charge is 2.20. The summed E-state index contributed by atoms with van der Waals surface area (Å²) in [7, 11) is 0. The largest absolute Gasteiger partial charge is 0.368 e. The highest BCUT2D eigenvalue weighted by molar-refractivity contribution is 5.81. The van der Waals surface area contributed by atoms with Gasteiger partial charge in [0.1, 0.15) is 17.5 Å². The molecule has 1 aliphatic heterocycles. The Labute approximate surface area is 139 Å². The van der Waals surface area contributed by atoms with Gasteiger partial charge in [-0.3, -0.25) is 4.79 Å². The number of nitrogens with zero attached hydrogens (tertiary/aromatic N) is 3. The number of aryl methyl sites for hydroxylation is 1. The van der Waals surface area contributed by atoms with E-state index in [9.17, 15) is 4.79 Å². The van der Waals surface area contributed by atoms with Gasteiger partial charge in [0.25, 0.3) is 0 Å². The van der Waals surface area contributed by atoms with Crippen LogP contribution in [-0.4, -0.2) is 42.1 Å². The third-order valence-electron chi connectivity index (χ3n) is 3.90. The minimum Gasteiger partial charge on any atom is -0.368 e. The molecule has 0 saturated carbocycles. The van der Waals surface area contributed by atoms with Crippen molar-refractivity contribution >= 4 is 17.5 Å². The number of hydrogen-bond acceptors (Lipinski definition) is 5. The third-order valence-corrected chi connectivity index (χ3v) is 3.90. The van der Waals surface area contributed by atoms with E-state index in [1.54, 1.807) is 0 Å². The normalized spacial score (nSPS) is 15.4. The molecule has 1 amide bonds. The second-order valence-electron chi connectivity index (χ2n) is 7.14. The summed E-state index contributed by atoms with van der Waals surface area (Å²) >= 11 is 0. The first-order chi connectivity index (χ1) is 10.9. The quantitative estimate of drug-likeness (QED) is 0.815. The monoisotopic (exact) mass is 319 g/mol. The molecule has 0 atom stereocenters. The summed E-state index contributed by atoms with van der Waals surface area (Å²) in [5.74, 6) is 2.66. The van der Waals surface area contributed by atoms with Crippen molar-refractivity contribution in [2.24, 2.45) is 5.41 Å². The molecule has 2 N–H and O–H groups in total. The van der Waals surface area contributed by atoms with Gasteiger partial charge >= 0.3 is 0 Å². The van der Waals surface area contributed by atoms with Crippen LogP contribution in [0.1, 0.15) is 45.9 Å². The van der Waals surface area contributed by atoms with Gasteiger partial charge in [0.2, 0.25) is 5.91 Å². The standard InChI is InChI=1S/C17H29N5O/c1-13-20-14(18-8-9-19-16(23)17(2,3)4)12-15(21-13)22-10-6-5-7-11-22/h12H,5-11H2,1-4H3,(H,19,23)(H,18,20,21). The average Bonchev–Trinajstić information content (AvgIpc) is 2.51. The Morgan fingerprint density at radius 3 is 2.52 bits per heavy atom. The maximum Gasteiger partial charge on any atom is 0.225 e. The zero-order chi connectivity index (χ0) is 16.9. The summed E-state index contributed by atoms with van der Waals surface area (Å²) in [5.41, 5.74) is -0.354. The second kappa shape index (κ2) is 7.62. The fraction of sp³-hybridized carbons (Fsp3) is 0.706. The van der Waals surface area contributed by atoms with Gasteiger partial charge in [-0.25, -0.2) is 9.97 Å². The van der Waals surface area contributed by atoms with Crippen LogP contribution in [-0.2, 0) is 4.79 Å². The predicted octanol–water partition coefficient (Wildman–Crippen LogP) is 2.35. The van der Waals surface area contributed by atoms with E-state index in [1.807, 2.05) is 33.8 Å². The number of aromatic nitrogens is 2. The SMILES string of the molecule is Cc1nc(NCCNC(=O)C(C)(C)C)cc(N2CCCCC2)n1. The fourth-order valence-corrected chi connectivity index (χ4v) is 2.56. The Bertz CT molecular complexity index is 532. The van der Waals surface area contributed by atoms with Crippen molar-refractivity contribution in [1.29, 1.82) is 0 Å². The summed E-state index contributed by atoms with van der Waals surface area (Å²) < 4.78 is 0. The lowest BCUT2D eigenvalue weighted by molar-refractivity contribution is -0.128. The summed E-state index contributed by atoms with van der Waals surface area (Å²) in [5, 5.41) is 6.21. The molecule has 128 valence electrons. The maximum absolute atomic E-state index is 11.8. The third kappa shape index (κ3) is 5.37. The molecule has 1 aliphatic rings. The van der Waals surface area contributed by atoms with Crippen LogP contribution in [0, 0.1) is 12.3 Å². The summed E-state index contributed by atoms with van der Waals surface area (Å²) in [6, 6.07) is 2.00. The van der Waals surface area contributed by atoms with Crippen molar-refractivity contribution in [3.8, 4) is 0 Å². The number of nitrogens with one attached hydrogen (secondary N) is 2. The molecule has 0 radical (unpaired) electrons. The van der Waals surface area contributed by atoms with Crippen LogP contribution < -0.4 is 15.5 Å². The number of carbonyl (C=O) groups is 1. The molecule has 23 heavy (non-hydrogen) atoms. The molecule has 2 heterocycles. The highest BCUT2D eigenvalue weighted by Crippen LogP contribution is 2.20. The van der Waals surface area contributed by atoms with Gasteiger partial charge < -0.3 is 15.5 Å². The minimum atomic E-state index is -0.354. The molecule has 0 bridgehead atoms. The number of rotatable bonds is 5. The Kier molecular flexibility index (Phi) is 5.80. The lowest BCUT2D eigenvalue weighted by Gasteiger charge is -2.28. The van der Waals surface area contributed by atoms with Crippen molar-refractivity contribution in [2.75, 3.05) is 36.4 Å². The molecule has 1 aromatic rings. The lowest BCUT2D eigenvalue weighted by atomic mass is 9.96. The first kappa shape index (κ1) is 17.5. The van der Waals surface area contributed by atoms with Gasteiger partial charge in [-0.15, -0.1) is 0 Å². The lowest BCUT2D eigenvalue weighted by Crippen LogP contribution is -2.37. The molecule has 6 nitrogen and oxygen atoms in total. The Balaban J connectivity index is 1.87. The molecule has 6 heteroatoms. The minimum absolute atomic E-state index is 0.0622. The Morgan fingerprint density at radius 2 is 1.87 bits per heavy atom. The number of hydrogen-bond donors (Lipinski definition) is 2. The topological polar surface area (TPSA) is 70.2 Å². The van der Waals surface area contributed by atoms with E-state index in [1.165, 1.54) is 19.3 Å². The van der Waals surface area contributed by atoms with E-state index < -0.39 is 0 Å². The molecule has 0 aliphatic carbocycles. The van der Waals surface area contributed by atoms with E-state index in [4.69, 9.17) is 0 Å². The van der Waals surface area contributed by atoms with Crippen molar-refractivity contribution in [3.63, 3.8) is 0 Å². The Hall–Kier alpha value is -1.85. The van der Waals surface area contributed by atoms with E-state index in [-0.39, 0.29) is 11.3 Å². The van der Waals surface area contributed by atoms with Crippen molar-refractivity contribution < 1.29 is 4.79 Å². The van der Waals surface area contributed by atoms with Crippen molar-refractivity contribution in [2.45, 2.75) is 47.0 Å². The zero-order valence-corrected chi connectivity index (χ0v) is 14.8. The van der Waals surface area contributed by atoms with Crippen LogP contribution in [0.3, 0.4) is 0 Å². The Morgan fingerprint density at radius 1 is 1.17 bits per heavy atom. The first-order valence-corrected chi connectivity index (χ1v) is 8.49. The smallest absolute Gasteiger partial charge is 0.225 e. The van der Waals surface area contributed by atoms with E-state index in [0.717, 1.165) is 30.5 Å². The molecule has 2 rings (SSSR count). The molecule has 1 fully saturated rings. The van der Waals surface area contributed by atoms with Crippen LogP contribution in [0.15, 0.2) is 6.07 Å². The summed E-state index contributed by atoms with van der Waals surface area (Å²) in [4.78, 5) is 23.1. The number of piperidine rings is 1. The van der Waals surface area contributed by atoms with Crippen LogP contribution in [0.4, 0.5) is 11.6 Å². The van der Waals surface area contributed by atoms with E-state index in [0.29, 0.717) is 13.1 Å². The summed E-state index contributed by atoms with van der Waals surface area (Å²) in [6.07, 6.45) is 3.76. The number of amides is 1. The van der Waals surface area contributed by atoms with Gasteiger partial charge in [0.05, 0.1) is 0 Å². The van der Waals surface area contributed by atoms with Gasteiger partial charge in [-0.2, -0.15) is 0 Å². The van der Waals surface area contributed by atoms with Crippen LogP contribution >= 0.6 is 0 Å². The van der Waals surface area contributed by atoms with Gasteiger partial charge in [0, 0.05) is 37.7 Å². The molecule has 0 spiro atoms. The van der Waals surface area contributed by atoms with Crippen molar-refractivity contribution in [3.05, 3.63) is 11.9 Å². The maximum atomic E-state index is 11.8. The van der Waals surface area contributed by atoms with E-state index in [2.05, 4.69) is 25.5 Å². The summed E-state index contributed by atoms with van der Waals surface area (Å²) in [6.45, 7) is 11.0. The van der Waals surface area contributed by atoms with Crippen LogP contribution in [0.25, 0.3) is 0 Å². The fourth-order valence-electron chi connectivity index (χ4n) is 2.56. The first-order valence-electron chi connectivity index (χ1n) is 8.49. The average molecular weight is 319 g/mol.